The summed E-state index contributed by atoms with van der Waals surface area (Å²) in [4.78, 5) is 21.2. The van der Waals surface area contributed by atoms with Gasteiger partial charge in [-0.1, -0.05) is 25.1 Å². The molecule has 0 saturated carbocycles. The number of thiophene rings is 1. The van der Waals surface area contributed by atoms with E-state index in [4.69, 9.17) is 0 Å². The van der Waals surface area contributed by atoms with Crippen LogP contribution in [-0.4, -0.2) is 26.9 Å². The molecular formula is C20H21N3OS. The molecule has 2 aromatic heterocycles. The molecule has 5 heteroatoms. The van der Waals surface area contributed by atoms with Crippen LogP contribution < -0.4 is 0 Å². The summed E-state index contributed by atoms with van der Waals surface area (Å²) in [6.45, 7) is 4.86. The standard InChI is InChI=1S/C20H21N3OS/c1-3-17-16-10-12-25-19(16)9-11-22(17)20(24)18-13-21-14(2)23(18)15-7-5-4-6-8-15/h4-8,10,12-13,17H,3,9,11H2,1-2H3. The number of amides is 1. The van der Waals surface area contributed by atoms with Crippen LogP contribution in [0.25, 0.3) is 5.69 Å². The van der Waals surface area contributed by atoms with Gasteiger partial charge in [-0.3, -0.25) is 9.36 Å². The van der Waals surface area contributed by atoms with Crippen molar-refractivity contribution in [1.82, 2.24) is 14.5 Å². The Morgan fingerprint density at radius 2 is 2.08 bits per heavy atom. The fourth-order valence-corrected chi connectivity index (χ4v) is 4.65. The number of fused-ring (bicyclic) bond motifs is 1. The molecule has 0 spiro atoms. The van der Waals surface area contributed by atoms with Crippen molar-refractivity contribution in [3.63, 3.8) is 0 Å². The third kappa shape index (κ3) is 2.68. The van der Waals surface area contributed by atoms with Crippen molar-refractivity contribution in [2.24, 2.45) is 0 Å². The van der Waals surface area contributed by atoms with E-state index in [0.29, 0.717) is 5.69 Å². The van der Waals surface area contributed by atoms with Crippen LogP contribution in [0.5, 0.6) is 0 Å². The van der Waals surface area contributed by atoms with Crippen LogP contribution in [0, 0.1) is 6.92 Å². The van der Waals surface area contributed by atoms with E-state index >= 15 is 0 Å². The predicted molar refractivity (Wildman–Crippen MR) is 100 cm³/mol. The fraction of sp³-hybridized carbons (Fsp3) is 0.300. The van der Waals surface area contributed by atoms with Gasteiger partial charge in [0, 0.05) is 17.1 Å². The highest BCUT2D eigenvalue weighted by atomic mass is 32.1. The predicted octanol–water partition coefficient (Wildman–Crippen LogP) is 4.39. The minimum Gasteiger partial charge on any atom is -0.330 e. The van der Waals surface area contributed by atoms with Gasteiger partial charge >= 0.3 is 0 Å². The van der Waals surface area contributed by atoms with E-state index in [2.05, 4.69) is 23.4 Å². The van der Waals surface area contributed by atoms with E-state index in [9.17, 15) is 4.79 Å². The monoisotopic (exact) mass is 351 g/mol. The summed E-state index contributed by atoms with van der Waals surface area (Å²) >= 11 is 1.80. The number of benzene rings is 1. The lowest BCUT2D eigenvalue weighted by molar-refractivity contribution is 0.0649. The Bertz CT molecular complexity index is 897. The molecule has 0 N–H and O–H groups in total. The second-order valence-electron chi connectivity index (χ2n) is 6.33. The van der Waals surface area contributed by atoms with Crippen molar-refractivity contribution >= 4 is 17.2 Å². The van der Waals surface area contributed by atoms with E-state index in [0.717, 1.165) is 30.9 Å². The van der Waals surface area contributed by atoms with E-state index in [1.807, 2.05) is 46.7 Å². The number of rotatable bonds is 3. The first-order chi connectivity index (χ1) is 12.2. The molecule has 3 heterocycles. The number of hydrogen-bond acceptors (Lipinski definition) is 3. The summed E-state index contributed by atoms with van der Waals surface area (Å²) in [5.41, 5.74) is 2.93. The van der Waals surface area contributed by atoms with Gasteiger partial charge < -0.3 is 4.90 Å². The molecule has 128 valence electrons. The molecule has 25 heavy (non-hydrogen) atoms. The third-order valence-electron chi connectivity index (χ3n) is 4.91. The number of aromatic nitrogens is 2. The molecule has 4 nitrogen and oxygen atoms in total. The second kappa shape index (κ2) is 6.48. The number of para-hydroxylation sites is 1. The summed E-state index contributed by atoms with van der Waals surface area (Å²) in [6.07, 6.45) is 3.57. The SMILES string of the molecule is CCC1c2ccsc2CCN1C(=O)c1cnc(C)n1-c1ccccc1. The summed E-state index contributed by atoms with van der Waals surface area (Å²) in [6, 6.07) is 12.3. The maximum atomic E-state index is 13.4. The normalized spacial score (nSPS) is 16.7. The highest BCUT2D eigenvalue weighted by molar-refractivity contribution is 7.10. The molecule has 1 amide bonds. The van der Waals surface area contributed by atoms with Gasteiger partial charge in [0.2, 0.25) is 0 Å². The largest absolute Gasteiger partial charge is 0.330 e. The van der Waals surface area contributed by atoms with Crippen LogP contribution in [0.2, 0.25) is 0 Å². The Hall–Kier alpha value is -2.40. The smallest absolute Gasteiger partial charge is 0.273 e. The lowest BCUT2D eigenvalue weighted by Gasteiger charge is -2.35. The van der Waals surface area contributed by atoms with Crippen LogP contribution in [0.1, 0.15) is 46.1 Å². The number of carbonyl (C=O) groups excluding carboxylic acids is 1. The molecule has 0 fully saturated rings. The minimum absolute atomic E-state index is 0.0631. The van der Waals surface area contributed by atoms with Gasteiger partial charge in [0.25, 0.3) is 5.91 Å². The van der Waals surface area contributed by atoms with Crippen molar-refractivity contribution < 1.29 is 4.79 Å². The molecule has 1 aromatic carbocycles. The number of carbonyl (C=O) groups is 1. The van der Waals surface area contributed by atoms with Crippen molar-refractivity contribution in [2.45, 2.75) is 32.7 Å². The average molecular weight is 351 g/mol. The highest BCUT2D eigenvalue weighted by Crippen LogP contribution is 2.36. The van der Waals surface area contributed by atoms with E-state index in [1.165, 1.54) is 10.4 Å². The van der Waals surface area contributed by atoms with Gasteiger partial charge in [0.15, 0.2) is 0 Å². The van der Waals surface area contributed by atoms with E-state index in [1.54, 1.807) is 17.5 Å². The summed E-state index contributed by atoms with van der Waals surface area (Å²) < 4.78 is 1.96. The summed E-state index contributed by atoms with van der Waals surface area (Å²) in [5.74, 6) is 0.893. The van der Waals surface area contributed by atoms with Crippen LogP contribution in [0.3, 0.4) is 0 Å². The first kappa shape index (κ1) is 16.1. The van der Waals surface area contributed by atoms with Crippen molar-refractivity contribution in [1.29, 1.82) is 0 Å². The average Bonchev–Trinajstić information content (AvgIpc) is 3.27. The Morgan fingerprint density at radius 1 is 1.28 bits per heavy atom. The van der Waals surface area contributed by atoms with E-state index in [-0.39, 0.29) is 11.9 Å². The van der Waals surface area contributed by atoms with Gasteiger partial charge in [0.05, 0.1) is 12.2 Å². The third-order valence-corrected chi connectivity index (χ3v) is 5.91. The number of hydrogen-bond donors (Lipinski definition) is 0. The Labute approximate surface area is 151 Å². The Morgan fingerprint density at radius 3 is 2.84 bits per heavy atom. The fourth-order valence-electron chi connectivity index (χ4n) is 3.73. The lowest BCUT2D eigenvalue weighted by atomic mass is 9.97. The van der Waals surface area contributed by atoms with Crippen molar-refractivity contribution in [3.05, 3.63) is 69.9 Å². The number of imidazole rings is 1. The minimum atomic E-state index is 0.0631. The number of nitrogens with zero attached hydrogens (tertiary/aromatic N) is 3. The van der Waals surface area contributed by atoms with Gasteiger partial charge in [-0.05, 0) is 48.9 Å². The molecular weight excluding hydrogens is 330 g/mol. The molecule has 4 rings (SSSR count). The van der Waals surface area contributed by atoms with Gasteiger partial charge in [-0.15, -0.1) is 11.3 Å². The van der Waals surface area contributed by atoms with Crippen LogP contribution in [-0.2, 0) is 6.42 Å². The molecule has 0 radical (unpaired) electrons. The maximum Gasteiger partial charge on any atom is 0.273 e. The molecule has 3 aromatic rings. The van der Waals surface area contributed by atoms with Crippen molar-refractivity contribution in [2.75, 3.05) is 6.54 Å². The topological polar surface area (TPSA) is 38.1 Å². The molecule has 0 saturated heterocycles. The highest BCUT2D eigenvalue weighted by Gasteiger charge is 2.32. The summed E-state index contributed by atoms with van der Waals surface area (Å²) in [7, 11) is 0. The summed E-state index contributed by atoms with van der Waals surface area (Å²) in [5, 5.41) is 2.14. The Balaban J connectivity index is 1.73. The zero-order valence-electron chi connectivity index (χ0n) is 14.5. The first-order valence-corrected chi connectivity index (χ1v) is 9.55. The van der Waals surface area contributed by atoms with Crippen LogP contribution in [0.4, 0.5) is 0 Å². The second-order valence-corrected chi connectivity index (χ2v) is 7.33. The lowest BCUT2D eigenvalue weighted by Crippen LogP contribution is -2.40. The van der Waals surface area contributed by atoms with Crippen molar-refractivity contribution in [3.8, 4) is 5.69 Å². The first-order valence-electron chi connectivity index (χ1n) is 8.67. The molecule has 1 aliphatic heterocycles. The quantitative estimate of drug-likeness (QED) is 0.702. The maximum absolute atomic E-state index is 13.4. The van der Waals surface area contributed by atoms with Gasteiger partial charge in [0.1, 0.15) is 11.5 Å². The molecule has 0 bridgehead atoms. The number of aryl methyl sites for hydroxylation is 1. The van der Waals surface area contributed by atoms with Gasteiger partial charge in [-0.25, -0.2) is 4.98 Å². The molecule has 1 unspecified atom stereocenters. The van der Waals surface area contributed by atoms with Crippen LogP contribution in [0.15, 0.2) is 48.0 Å². The Kier molecular flexibility index (Phi) is 4.17. The van der Waals surface area contributed by atoms with E-state index < -0.39 is 0 Å². The molecule has 1 atom stereocenters. The van der Waals surface area contributed by atoms with Crippen LogP contribution >= 0.6 is 11.3 Å². The zero-order chi connectivity index (χ0) is 17.4. The zero-order valence-corrected chi connectivity index (χ0v) is 15.3. The molecule has 0 aliphatic carbocycles. The molecule has 1 aliphatic rings. The van der Waals surface area contributed by atoms with Gasteiger partial charge in [-0.2, -0.15) is 0 Å².